The van der Waals surface area contributed by atoms with Crippen LogP contribution in [0, 0.1) is 0 Å². The van der Waals surface area contributed by atoms with E-state index in [2.05, 4.69) is 15.5 Å². The van der Waals surface area contributed by atoms with E-state index in [1.54, 1.807) is 20.2 Å². The number of urea groups is 1. The van der Waals surface area contributed by atoms with Crippen LogP contribution in [0.3, 0.4) is 0 Å². The Kier molecular flexibility index (Phi) is 3.74. The molecule has 0 bridgehead atoms. The molecule has 1 saturated heterocycles. The zero-order valence-corrected chi connectivity index (χ0v) is 11.7. The fraction of sp³-hybridized carbons (Fsp3) is 0.700. The zero-order chi connectivity index (χ0) is 14.0. The lowest BCUT2D eigenvalue weighted by Gasteiger charge is -2.38. The van der Waals surface area contributed by atoms with Crippen LogP contribution in [0.15, 0.2) is 6.20 Å². The highest BCUT2D eigenvalue weighted by Gasteiger charge is 2.38. The van der Waals surface area contributed by atoms with Gasteiger partial charge in [0.15, 0.2) is 9.84 Å². The van der Waals surface area contributed by atoms with Crippen LogP contribution >= 0.6 is 0 Å². The van der Waals surface area contributed by atoms with Crippen molar-refractivity contribution in [3.05, 3.63) is 11.9 Å². The summed E-state index contributed by atoms with van der Waals surface area (Å²) >= 11 is 0. The van der Waals surface area contributed by atoms with Crippen molar-refractivity contribution in [2.24, 2.45) is 7.05 Å². The second kappa shape index (κ2) is 5.16. The molecular formula is C10H17N5O3S. The summed E-state index contributed by atoms with van der Waals surface area (Å²) in [5, 5.41) is 10.2. The van der Waals surface area contributed by atoms with Gasteiger partial charge in [-0.05, 0) is 0 Å². The monoisotopic (exact) mass is 287 g/mol. The molecule has 1 aliphatic rings. The molecule has 0 radical (unpaired) electrons. The minimum absolute atomic E-state index is 0.118. The molecule has 8 nitrogen and oxygen atoms in total. The lowest BCUT2D eigenvalue weighted by atomic mass is 10.2. The molecule has 106 valence electrons. The van der Waals surface area contributed by atoms with Gasteiger partial charge < -0.3 is 10.2 Å². The fourth-order valence-corrected chi connectivity index (χ4v) is 3.10. The summed E-state index contributed by atoms with van der Waals surface area (Å²) in [5.74, 6) is 0.118. The number of aromatic nitrogens is 3. The Morgan fingerprint density at radius 3 is 2.74 bits per heavy atom. The van der Waals surface area contributed by atoms with Crippen LogP contribution in [-0.4, -0.2) is 58.4 Å². The lowest BCUT2D eigenvalue weighted by molar-refractivity contribution is 0.168. The Bertz CT molecular complexity index is 561. The largest absolute Gasteiger partial charge is 0.332 e. The van der Waals surface area contributed by atoms with Gasteiger partial charge in [-0.15, -0.1) is 0 Å². The molecule has 1 fully saturated rings. The van der Waals surface area contributed by atoms with E-state index in [-0.39, 0.29) is 31.4 Å². The highest BCUT2D eigenvalue weighted by molar-refractivity contribution is 7.92. The highest BCUT2D eigenvalue weighted by atomic mass is 32.2. The van der Waals surface area contributed by atoms with Crippen LogP contribution in [0.1, 0.15) is 12.6 Å². The van der Waals surface area contributed by atoms with Crippen molar-refractivity contribution in [2.75, 3.05) is 18.8 Å². The summed E-state index contributed by atoms with van der Waals surface area (Å²) in [6.45, 7) is 2.44. The SMILES string of the molecule is CCS(=O)(=O)C1CN(C(=O)NCc2cnn(C)n2)C1. The van der Waals surface area contributed by atoms with Gasteiger partial charge >= 0.3 is 6.03 Å². The van der Waals surface area contributed by atoms with Crippen molar-refractivity contribution in [1.82, 2.24) is 25.2 Å². The first-order valence-electron chi connectivity index (χ1n) is 6.02. The number of amides is 2. The first-order valence-corrected chi connectivity index (χ1v) is 7.73. The lowest BCUT2D eigenvalue weighted by Crippen LogP contribution is -2.59. The van der Waals surface area contributed by atoms with Crippen molar-refractivity contribution in [3.8, 4) is 0 Å². The molecule has 1 aromatic rings. The van der Waals surface area contributed by atoms with Gasteiger partial charge in [0.05, 0.1) is 18.0 Å². The summed E-state index contributed by atoms with van der Waals surface area (Å²) in [6.07, 6.45) is 1.57. The first kappa shape index (κ1) is 13.8. The number of nitrogens with one attached hydrogen (secondary N) is 1. The fourth-order valence-electron chi connectivity index (χ4n) is 1.81. The highest BCUT2D eigenvalue weighted by Crippen LogP contribution is 2.16. The Balaban J connectivity index is 1.78. The Morgan fingerprint density at radius 2 is 2.21 bits per heavy atom. The van der Waals surface area contributed by atoms with Gasteiger partial charge in [-0.2, -0.15) is 15.0 Å². The van der Waals surface area contributed by atoms with E-state index in [0.717, 1.165) is 0 Å². The summed E-state index contributed by atoms with van der Waals surface area (Å²) in [6, 6.07) is -0.270. The number of carbonyl (C=O) groups is 1. The normalized spacial score (nSPS) is 16.2. The topological polar surface area (TPSA) is 97.2 Å². The quantitative estimate of drug-likeness (QED) is 0.777. The van der Waals surface area contributed by atoms with Gasteiger partial charge in [-0.3, -0.25) is 0 Å². The Labute approximate surface area is 111 Å². The van der Waals surface area contributed by atoms with Gasteiger partial charge in [0, 0.05) is 25.9 Å². The minimum atomic E-state index is -3.04. The molecule has 19 heavy (non-hydrogen) atoms. The molecule has 1 N–H and O–H groups in total. The van der Waals surface area contributed by atoms with Crippen molar-refractivity contribution in [1.29, 1.82) is 0 Å². The Morgan fingerprint density at radius 1 is 1.53 bits per heavy atom. The van der Waals surface area contributed by atoms with Crippen LogP contribution in [0.25, 0.3) is 0 Å². The molecule has 2 heterocycles. The van der Waals surface area contributed by atoms with Gasteiger partial charge in [-0.1, -0.05) is 6.92 Å². The van der Waals surface area contributed by atoms with E-state index in [9.17, 15) is 13.2 Å². The number of nitrogens with zero attached hydrogens (tertiary/aromatic N) is 4. The van der Waals surface area contributed by atoms with Crippen LogP contribution < -0.4 is 5.32 Å². The van der Waals surface area contributed by atoms with Crippen LogP contribution in [-0.2, 0) is 23.4 Å². The van der Waals surface area contributed by atoms with E-state index >= 15 is 0 Å². The first-order chi connectivity index (χ1) is 8.92. The molecule has 2 amide bonds. The molecule has 1 aliphatic heterocycles. The number of aryl methyl sites for hydroxylation is 1. The third kappa shape index (κ3) is 3.03. The van der Waals surface area contributed by atoms with Gasteiger partial charge in [0.1, 0.15) is 5.69 Å². The standard InChI is InChI=1S/C10H17N5O3S/c1-3-19(17,18)9-6-15(7-9)10(16)11-4-8-5-12-14(2)13-8/h5,9H,3-4,6-7H2,1-2H3,(H,11,16). The molecule has 9 heteroatoms. The molecule has 1 aromatic heterocycles. The maximum atomic E-state index is 11.7. The molecule has 2 rings (SSSR count). The number of hydrogen-bond donors (Lipinski definition) is 1. The van der Waals surface area contributed by atoms with Crippen LogP contribution in [0.2, 0.25) is 0 Å². The zero-order valence-electron chi connectivity index (χ0n) is 10.9. The molecule has 0 aliphatic carbocycles. The van der Waals surface area contributed by atoms with Crippen molar-refractivity contribution >= 4 is 15.9 Å². The minimum Gasteiger partial charge on any atom is -0.332 e. The molecule has 0 atom stereocenters. The number of sulfone groups is 1. The maximum Gasteiger partial charge on any atom is 0.317 e. The number of hydrogen-bond acceptors (Lipinski definition) is 5. The molecule has 0 unspecified atom stereocenters. The number of rotatable bonds is 4. The molecule has 0 saturated carbocycles. The smallest absolute Gasteiger partial charge is 0.317 e. The molecule has 0 spiro atoms. The van der Waals surface area contributed by atoms with E-state index in [4.69, 9.17) is 0 Å². The van der Waals surface area contributed by atoms with E-state index in [1.165, 1.54) is 9.70 Å². The van der Waals surface area contributed by atoms with Crippen molar-refractivity contribution in [3.63, 3.8) is 0 Å². The maximum absolute atomic E-state index is 11.7. The molecular weight excluding hydrogens is 270 g/mol. The molecule has 0 aromatic carbocycles. The predicted molar refractivity (Wildman–Crippen MR) is 68.1 cm³/mol. The summed E-state index contributed by atoms with van der Waals surface area (Å²) in [4.78, 5) is 14.6. The van der Waals surface area contributed by atoms with Gasteiger partial charge in [0.25, 0.3) is 0 Å². The average Bonchev–Trinajstić information content (AvgIpc) is 2.70. The average molecular weight is 287 g/mol. The van der Waals surface area contributed by atoms with Crippen molar-refractivity contribution < 1.29 is 13.2 Å². The van der Waals surface area contributed by atoms with Crippen molar-refractivity contribution in [2.45, 2.75) is 18.7 Å². The summed E-state index contributed by atoms with van der Waals surface area (Å²) in [7, 11) is -1.34. The summed E-state index contributed by atoms with van der Waals surface area (Å²) in [5.41, 5.74) is 0.661. The third-order valence-corrected chi connectivity index (χ3v) is 5.23. The van der Waals surface area contributed by atoms with E-state index in [1.807, 2.05) is 0 Å². The van der Waals surface area contributed by atoms with Crippen LogP contribution in [0.4, 0.5) is 4.79 Å². The second-order valence-corrected chi connectivity index (χ2v) is 7.03. The van der Waals surface area contributed by atoms with E-state index < -0.39 is 15.1 Å². The number of carbonyl (C=O) groups excluding carboxylic acids is 1. The van der Waals surface area contributed by atoms with E-state index in [0.29, 0.717) is 5.69 Å². The van der Waals surface area contributed by atoms with Gasteiger partial charge in [0.2, 0.25) is 0 Å². The summed E-state index contributed by atoms with van der Waals surface area (Å²) < 4.78 is 23.1. The Hall–Kier alpha value is -1.64. The third-order valence-electron chi connectivity index (χ3n) is 3.11. The van der Waals surface area contributed by atoms with Gasteiger partial charge in [-0.25, -0.2) is 13.2 Å². The van der Waals surface area contributed by atoms with Crippen LogP contribution in [0.5, 0.6) is 0 Å². The predicted octanol–water partition coefficient (Wildman–Crippen LogP) is -0.856. The number of likely N-dealkylation sites (tertiary alicyclic amines) is 1. The second-order valence-electron chi connectivity index (χ2n) is 4.46.